The molecule has 0 atom stereocenters. The van der Waals surface area contributed by atoms with Crippen molar-refractivity contribution in [2.45, 2.75) is 10.1 Å². The minimum atomic E-state index is -0.423. The Morgan fingerprint density at radius 3 is 2.78 bits per heavy atom. The smallest absolute Gasteiger partial charge is 0.278 e. The van der Waals surface area contributed by atoms with E-state index in [0.29, 0.717) is 15.9 Å². The summed E-state index contributed by atoms with van der Waals surface area (Å²) in [6.45, 7) is 0. The second-order valence-corrected chi connectivity index (χ2v) is 8.75. The molecule has 3 heterocycles. The van der Waals surface area contributed by atoms with Crippen molar-refractivity contribution in [3.05, 3.63) is 62.7 Å². The largest absolute Gasteiger partial charge is 0.295 e. The molecule has 0 unspecified atom stereocenters. The molecule has 0 saturated heterocycles. The first-order valence-electron chi connectivity index (χ1n) is 7.88. The first-order chi connectivity index (χ1) is 13.1. The fourth-order valence-electron chi connectivity index (χ4n) is 2.47. The number of thiophene rings is 1. The normalized spacial score (nSPS) is 11.0. The van der Waals surface area contributed by atoms with Gasteiger partial charge >= 0.3 is 0 Å². The van der Waals surface area contributed by atoms with Crippen LogP contribution in [0.25, 0.3) is 10.8 Å². The molecule has 0 aliphatic rings. The molecule has 0 aliphatic carbocycles. The van der Waals surface area contributed by atoms with Gasteiger partial charge in [0, 0.05) is 23.1 Å². The second-order valence-electron chi connectivity index (χ2n) is 5.52. The Bertz CT molecular complexity index is 1170. The molecule has 0 aliphatic heterocycles. The van der Waals surface area contributed by atoms with Crippen LogP contribution in [0.4, 0.5) is 5.13 Å². The minimum absolute atomic E-state index is 0.177. The molecule has 27 heavy (non-hydrogen) atoms. The van der Waals surface area contributed by atoms with Crippen LogP contribution in [-0.4, -0.2) is 25.9 Å². The number of benzene rings is 1. The topological polar surface area (TPSA) is 89.8 Å². The summed E-state index contributed by atoms with van der Waals surface area (Å²) in [7, 11) is 1.52. The quantitative estimate of drug-likeness (QED) is 0.397. The lowest BCUT2D eigenvalue weighted by Crippen LogP contribution is -2.25. The summed E-state index contributed by atoms with van der Waals surface area (Å²) in [6, 6.07) is 11.0. The molecule has 4 rings (SSSR count). The molecular formula is C17H13N5O2S3. The number of rotatable bonds is 5. The van der Waals surface area contributed by atoms with E-state index < -0.39 is 5.91 Å². The number of amides is 1. The third-order valence-electron chi connectivity index (χ3n) is 3.72. The number of nitrogens with zero attached hydrogens (tertiary/aromatic N) is 4. The van der Waals surface area contributed by atoms with Crippen LogP contribution in [0, 0.1) is 0 Å². The molecule has 0 fully saturated rings. The lowest BCUT2D eigenvalue weighted by Gasteiger charge is -2.07. The number of fused-ring (bicyclic) bond motifs is 1. The Hall–Kier alpha value is -2.56. The van der Waals surface area contributed by atoms with Gasteiger partial charge in [0.2, 0.25) is 5.13 Å². The Morgan fingerprint density at radius 1 is 1.19 bits per heavy atom. The molecule has 0 radical (unpaired) electrons. The van der Waals surface area contributed by atoms with E-state index in [0.717, 1.165) is 10.1 Å². The molecule has 1 N–H and O–H groups in total. The standard InChI is InChI=1S/C17H13N5O2S3/c1-22-15(24)12-7-3-2-6-11(12)13(21-22)14(23)18-16-19-20-17(27-16)26-9-10-5-4-8-25-10/h2-8H,9H2,1H3,(H,18,19,23). The molecule has 0 spiro atoms. The molecule has 10 heteroatoms. The molecule has 136 valence electrons. The van der Waals surface area contributed by atoms with Gasteiger partial charge in [-0.2, -0.15) is 5.10 Å². The van der Waals surface area contributed by atoms with Crippen LogP contribution in [0.1, 0.15) is 15.4 Å². The monoisotopic (exact) mass is 415 g/mol. The third kappa shape index (κ3) is 3.77. The van der Waals surface area contributed by atoms with Crippen molar-refractivity contribution in [3.8, 4) is 0 Å². The number of aryl methyl sites for hydroxylation is 1. The zero-order chi connectivity index (χ0) is 18.8. The van der Waals surface area contributed by atoms with Crippen LogP contribution in [0.3, 0.4) is 0 Å². The molecule has 7 nitrogen and oxygen atoms in total. The highest BCUT2D eigenvalue weighted by Gasteiger charge is 2.17. The molecule has 1 aromatic carbocycles. The Balaban J connectivity index is 1.54. The third-order valence-corrected chi connectivity index (χ3v) is 6.80. The number of carbonyl (C=O) groups excluding carboxylic acids is 1. The first-order valence-corrected chi connectivity index (χ1v) is 10.6. The van der Waals surface area contributed by atoms with Gasteiger partial charge in [0.25, 0.3) is 11.5 Å². The van der Waals surface area contributed by atoms with Gasteiger partial charge in [0.15, 0.2) is 10.0 Å². The molecule has 0 bridgehead atoms. The summed E-state index contributed by atoms with van der Waals surface area (Å²) in [5.74, 6) is 0.389. The van der Waals surface area contributed by atoms with E-state index >= 15 is 0 Å². The highest BCUT2D eigenvalue weighted by molar-refractivity contribution is 8.00. The number of hydrogen-bond donors (Lipinski definition) is 1. The van der Waals surface area contributed by atoms with Crippen molar-refractivity contribution >= 4 is 56.2 Å². The fraction of sp³-hybridized carbons (Fsp3) is 0.118. The number of aromatic nitrogens is 4. The average molecular weight is 416 g/mol. The van der Waals surface area contributed by atoms with E-state index in [2.05, 4.69) is 26.7 Å². The zero-order valence-electron chi connectivity index (χ0n) is 14.1. The van der Waals surface area contributed by atoms with Crippen LogP contribution in [0.15, 0.2) is 50.9 Å². The maximum atomic E-state index is 12.7. The van der Waals surface area contributed by atoms with Gasteiger partial charge in [-0.25, -0.2) is 4.68 Å². The van der Waals surface area contributed by atoms with Gasteiger partial charge in [0.1, 0.15) is 0 Å². The zero-order valence-corrected chi connectivity index (χ0v) is 16.5. The number of nitrogens with one attached hydrogen (secondary N) is 1. The van der Waals surface area contributed by atoms with Crippen molar-refractivity contribution in [2.75, 3.05) is 5.32 Å². The Labute approximate surface area is 166 Å². The molecule has 0 saturated carbocycles. The summed E-state index contributed by atoms with van der Waals surface area (Å²) >= 11 is 4.57. The number of thioether (sulfide) groups is 1. The van der Waals surface area contributed by atoms with Crippen molar-refractivity contribution in [2.24, 2.45) is 7.05 Å². The highest BCUT2D eigenvalue weighted by atomic mass is 32.2. The highest BCUT2D eigenvalue weighted by Crippen LogP contribution is 2.29. The van der Waals surface area contributed by atoms with Crippen molar-refractivity contribution < 1.29 is 4.79 Å². The van der Waals surface area contributed by atoms with Crippen LogP contribution in [0.5, 0.6) is 0 Å². The molecule has 1 amide bonds. The van der Waals surface area contributed by atoms with E-state index in [4.69, 9.17) is 0 Å². The predicted molar refractivity (Wildman–Crippen MR) is 109 cm³/mol. The SMILES string of the molecule is Cn1nc(C(=O)Nc2nnc(SCc3cccs3)s2)c2ccccc2c1=O. The van der Waals surface area contributed by atoms with E-state index in [1.807, 2.05) is 11.4 Å². The van der Waals surface area contributed by atoms with Crippen molar-refractivity contribution in [1.29, 1.82) is 0 Å². The van der Waals surface area contributed by atoms with Crippen LogP contribution < -0.4 is 10.9 Å². The van der Waals surface area contributed by atoms with E-state index in [1.54, 1.807) is 47.4 Å². The summed E-state index contributed by atoms with van der Waals surface area (Å²) in [5.41, 5.74) is -0.0685. The number of anilines is 1. The lowest BCUT2D eigenvalue weighted by molar-refractivity contribution is 0.102. The van der Waals surface area contributed by atoms with Gasteiger partial charge in [-0.05, 0) is 17.5 Å². The van der Waals surface area contributed by atoms with Gasteiger partial charge in [-0.1, -0.05) is 47.4 Å². The van der Waals surface area contributed by atoms with Gasteiger partial charge in [-0.3, -0.25) is 14.9 Å². The van der Waals surface area contributed by atoms with Gasteiger partial charge < -0.3 is 0 Å². The maximum absolute atomic E-state index is 12.7. The number of carbonyl (C=O) groups is 1. The predicted octanol–water partition coefficient (Wildman–Crippen LogP) is 3.39. The molecule has 4 aromatic rings. The lowest BCUT2D eigenvalue weighted by atomic mass is 10.1. The van der Waals surface area contributed by atoms with Crippen molar-refractivity contribution in [3.63, 3.8) is 0 Å². The Morgan fingerprint density at radius 2 is 2.00 bits per heavy atom. The van der Waals surface area contributed by atoms with Crippen LogP contribution in [-0.2, 0) is 12.8 Å². The van der Waals surface area contributed by atoms with E-state index in [1.165, 1.54) is 27.9 Å². The summed E-state index contributed by atoms with van der Waals surface area (Å²) in [5, 5.41) is 18.4. The number of hydrogen-bond acceptors (Lipinski definition) is 8. The average Bonchev–Trinajstić information content (AvgIpc) is 3.35. The molecular weight excluding hydrogens is 402 g/mol. The summed E-state index contributed by atoms with van der Waals surface area (Å²) in [6.07, 6.45) is 0. The second kappa shape index (κ2) is 7.59. The fourth-order valence-corrected chi connectivity index (χ4v) is 4.99. The summed E-state index contributed by atoms with van der Waals surface area (Å²) in [4.78, 5) is 26.1. The van der Waals surface area contributed by atoms with E-state index in [9.17, 15) is 9.59 Å². The van der Waals surface area contributed by atoms with E-state index in [-0.39, 0.29) is 11.3 Å². The maximum Gasteiger partial charge on any atom is 0.278 e. The Kier molecular flexibility index (Phi) is 5.01. The van der Waals surface area contributed by atoms with Crippen LogP contribution in [0.2, 0.25) is 0 Å². The minimum Gasteiger partial charge on any atom is -0.295 e. The van der Waals surface area contributed by atoms with Gasteiger partial charge in [0.05, 0.1) is 5.39 Å². The van der Waals surface area contributed by atoms with Gasteiger partial charge in [-0.15, -0.1) is 21.5 Å². The first kappa shape index (κ1) is 17.8. The van der Waals surface area contributed by atoms with Crippen LogP contribution >= 0.6 is 34.4 Å². The van der Waals surface area contributed by atoms with Crippen molar-refractivity contribution in [1.82, 2.24) is 20.0 Å². The summed E-state index contributed by atoms with van der Waals surface area (Å²) < 4.78 is 1.94. The molecule has 3 aromatic heterocycles.